The zero-order valence-electron chi connectivity index (χ0n) is 11.3. The highest BCUT2D eigenvalue weighted by molar-refractivity contribution is 5.69. The van der Waals surface area contributed by atoms with Crippen molar-refractivity contribution in [1.29, 1.82) is 0 Å². The molecule has 6 nitrogen and oxygen atoms in total. The summed E-state index contributed by atoms with van der Waals surface area (Å²) >= 11 is 0. The molecule has 0 radical (unpaired) electrons. The van der Waals surface area contributed by atoms with Gasteiger partial charge in [-0.2, -0.15) is 0 Å². The van der Waals surface area contributed by atoms with Gasteiger partial charge in [-0.3, -0.25) is 13.9 Å². The lowest BCUT2D eigenvalue weighted by molar-refractivity contribution is 0.463. The van der Waals surface area contributed by atoms with Gasteiger partial charge in [0.25, 0.3) is 5.56 Å². The van der Waals surface area contributed by atoms with Crippen molar-refractivity contribution in [2.75, 3.05) is 0 Å². The van der Waals surface area contributed by atoms with Crippen LogP contribution in [0.25, 0.3) is 11.2 Å². The Bertz CT molecular complexity index is 731. The number of nitrogens with zero attached hydrogens (tertiary/aromatic N) is 4. The molecule has 1 aliphatic carbocycles. The van der Waals surface area contributed by atoms with Crippen molar-refractivity contribution in [3.05, 3.63) is 27.2 Å². The molecule has 0 N–H and O–H groups in total. The SMILES string of the molecule is Cn1c(=O)c2c(ncn2CC2CCCC2)n(C)c1=O. The fourth-order valence-corrected chi connectivity index (χ4v) is 3.01. The van der Waals surface area contributed by atoms with Gasteiger partial charge in [0.05, 0.1) is 6.33 Å². The first-order chi connectivity index (χ1) is 9.09. The normalized spacial score (nSPS) is 16.5. The lowest BCUT2D eigenvalue weighted by atomic mass is 10.1. The number of aryl methyl sites for hydroxylation is 1. The van der Waals surface area contributed by atoms with Gasteiger partial charge in [0.1, 0.15) is 0 Å². The molecule has 0 aliphatic heterocycles. The fourth-order valence-electron chi connectivity index (χ4n) is 3.01. The highest BCUT2D eigenvalue weighted by atomic mass is 16.2. The maximum atomic E-state index is 12.2. The quantitative estimate of drug-likeness (QED) is 0.797. The van der Waals surface area contributed by atoms with Crippen LogP contribution in [0.5, 0.6) is 0 Å². The Morgan fingerprint density at radius 2 is 1.89 bits per heavy atom. The van der Waals surface area contributed by atoms with E-state index in [0.717, 1.165) is 11.1 Å². The molecule has 3 rings (SSSR count). The van der Waals surface area contributed by atoms with Gasteiger partial charge in [-0.05, 0) is 18.8 Å². The molecule has 0 atom stereocenters. The fraction of sp³-hybridized carbons (Fsp3) is 0.615. The average Bonchev–Trinajstić information content (AvgIpc) is 3.04. The van der Waals surface area contributed by atoms with Crippen molar-refractivity contribution >= 4 is 11.2 Å². The van der Waals surface area contributed by atoms with Gasteiger partial charge in [0.2, 0.25) is 0 Å². The topological polar surface area (TPSA) is 61.8 Å². The van der Waals surface area contributed by atoms with Crippen LogP contribution in [-0.2, 0) is 20.6 Å². The molecule has 0 aromatic carbocycles. The van der Waals surface area contributed by atoms with E-state index in [9.17, 15) is 9.59 Å². The Balaban J connectivity index is 2.17. The monoisotopic (exact) mass is 262 g/mol. The summed E-state index contributed by atoms with van der Waals surface area (Å²) in [5.41, 5.74) is 0.430. The molecule has 1 aliphatic rings. The van der Waals surface area contributed by atoms with Gasteiger partial charge in [-0.1, -0.05) is 12.8 Å². The molecule has 1 fully saturated rings. The maximum Gasteiger partial charge on any atom is 0.332 e. The standard InChI is InChI=1S/C13H18N4O2/c1-15-11-10(12(18)16(2)13(15)19)17(8-14-11)7-9-5-3-4-6-9/h8-9H,3-7H2,1-2H3. The summed E-state index contributed by atoms with van der Waals surface area (Å²) in [7, 11) is 3.16. The third kappa shape index (κ3) is 1.82. The Kier molecular flexibility index (Phi) is 2.80. The summed E-state index contributed by atoms with van der Waals surface area (Å²) in [5, 5.41) is 0. The van der Waals surface area contributed by atoms with E-state index in [4.69, 9.17) is 0 Å². The van der Waals surface area contributed by atoms with Gasteiger partial charge < -0.3 is 4.57 Å². The summed E-state index contributed by atoms with van der Waals surface area (Å²) in [6, 6.07) is 0. The second kappa shape index (κ2) is 4.36. The minimum absolute atomic E-state index is 0.256. The molecular weight excluding hydrogens is 244 g/mol. The van der Waals surface area contributed by atoms with Crippen molar-refractivity contribution in [3.8, 4) is 0 Å². The van der Waals surface area contributed by atoms with E-state index < -0.39 is 0 Å². The smallest absolute Gasteiger partial charge is 0.324 e. The largest absolute Gasteiger partial charge is 0.332 e. The minimum atomic E-state index is -0.330. The van der Waals surface area contributed by atoms with E-state index >= 15 is 0 Å². The van der Waals surface area contributed by atoms with Gasteiger partial charge >= 0.3 is 5.69 Å². The first-order valence-corrected chi connectivity index (χ1v) is 6.70. The average molecular weight is 262 g/mol. The number of aromatic nitrogens is 4. The molecule has 1 saturated carbocycles. The van der Waals surface area contributed by atoms with Crippen LogP contribution in [0.3, 0.4) is 0 Å². The Morgan fingerprint density at radius 1 is 1.21 bits per heavy atom. The predicted octanol–water partition coefficient (Wildman–Crippen LogP) is 0.624. The molecule has 6 heteroatoms. The molecule has 19 heavy (non-hydrogen) atoms. The Labute approximate surface area is 110 Å². The highest BCUT2D eigenvalue weighted by Gasteiger charge is 2.19. The summed E-state index contributed by atoms with van der Waals surface area (Å²) in [5.74, 6) is 0.624. The zero-order chi connectivity index (χ0) is 13.6. The van der Waals surface area contributed by atoms with Crippen LogP contribution >= 0.6 is 0 Å². The number of imidazole rings is 1. The van der Waals surface area contributed by atoms with E-state index in [-0.39, 0.29) is 11.2 Å². The van der Waals surface area contributed by atoms with Crippen LogP contribution in [-0.4, -0.2) is 18.7 Å². The first kappa shape index (κ1) is 12.2. The van der Waals surface area contributed by atoms with Crippen molar-refractivity contribution in [3.63, 3.8) is 0 Å². The molecule has 0 unspecified atom stereocenters. The predicted molar refractivity (Wildman–Crippen MR) is 72.2 cm³/mol. The van der Waals surface area contributed by atoms with Crippen LogP contribution in [0, 0.1) is 5.92 Å². The maximum absolute atomic E-state index is 12.2. The third-order valence-corrected chi connectivity index (χ3v) is 4.15. The van der Waals surface area contributed by atoms with E-state index in [1.54, 1.807) is 13.4 Å². The molecular formula is C13H18N4O2. The van der Waals surface area contributed by atoms with E-state index in [1.165, 1.54) is 37.3 Å². The lowest BCUT2D eigenvalue weighted by Crippen LogP contribution is -2.37. The second-order valence-electron chi connectivity index (χ2n) is 5.43. The molecule has 0 amide bonds. The van der Waals surface area contributed by atoms with Crippen LogP contribution < -0.4 is 11.2 Å². The first-order valence-electron chi connectivity index (χ1n) is 6.70. The highest BCUT2D eigenvalue weighted by Crippen LogP contribution is 2.26. The van der Waals surface area contributed by atoms with Gasteiger partial charge in [-0.15, -0.1) is 0 Å². The van der Waals surface area contributed by atoms with Gasteiger partial charge in [0, 0.05) is 20.6 Å². The van der Waals surface area contributed by atoms with Crippen LogP contribution in [0.1, 0.15) is 25.7 Å². The summed E-state index contributed by atoms with van der Waals surface area (Å²) in [4.78, 5) is 28.3. The van der Waals surface area contributed by atoms with Gasteiger partial charge in [0.15, 0.2) is 11.2 Å². The van der Waals surface area contributed by atoms with Crippen molar-refractivity contribution in [1.82, 2.24) is 18.7 Å². The molecule has 2 aromatic heterocycles. The molecule has 2 aromatic rings. The van der Waals surface area contributed by atoms with E-state index in [0.29, 0.717) is 17.1 Å². The molecule has 0 saturated heterocycles. The summed E-state index contributed by atoms with van der Waals surface area (Å²) in [6.07, 6.45) is 6.66. The second-order valence-corrected chi connectivity index (χ2v) is 5.43. The van der Waals surface area contributed by atoms with Crippen LogP contribution in [0.2, 0.25) is 0 Å². The Morgan fingerprint density at radius 3 is 2.58 bits per heavy atom. The Hall–Kier alpha value is -1.85. The molecule has 0 bridgehead atoms. The number of hydrogen-bond donors (Lipinski definition) is 0. The van der Waals surface area contributed by atoms with Crippen molar-refractivity contribution < 1.29 is 0 Å². The number of fused-ring (bicyclic) bond motifs is 1. The molecule has 102 valence electrons. The number of rotatable bonds is 2. The molecule has 2 heterocycles. The van der Waals surface area contributed by atoms with Gasteiger partial charge in [-0.25, -0.2) is 9.78 Å². The van der Waals surface area contributed by atoms with Crippen molar-refractivity contribution in [2.24, 2.45) is 20.0 Å². The van der Waals surface area contributed by atoms with Crippen molar-refractivity contribution in [2.45, 2.75) is 32.2 Å². The molecule has 0 spiro atoms. The van der Waals surface area contributed by atoms with Crippen LogP contribution in [0.15, 0.2) is 15.9 Å². The lowest BCUT2D eigenvalue weighted by Gasteiger charge is -2.11. The number of hydrogen-bond acceptors (Lipinski definition) is 3. The summed E-state index contributed by atoms with van der Waals surface area (Å²) < 4.78 is 4.49. The van der Waals surface area contributed by atoms with Crippen LogP contribution in [0.4, 0.5) is 0 Å². The van der Waals surface area contributed by atoms with E-state index in [1.807, 2.05) is 4.57 Å². The minimum Gasteiger partial charge on any atom is -0.324 e. The zero-order valence-corrected chi connectivity index (χ0v) is 11.3. The summed E-state index contributed by atoms with van der Waals surface area (Å²) in [6.45, 7) is 0.823. The third-order valence-electron chi connectivity index (χ3n) is 4.15. The van der Waals surface area contributed by atoms with E-state index in [2.05, 4.69) is 4.98 Å².